The van der Waals surface area contributed by atoms with Crippen molar-refractivity contribution in [3.8, 4) is 0 Å². The van der Waals surface area contributed by atoms with Gasteiger partial charge in [0, 0.05) is 24.2 Å². The number of hydrogen-bond acceptors (Lipinski definition) is 4. The van der Waals surface area contributed by atoms with Gasteiger partial charge in [0.15, 0.2) is 5.13 Å². The summed E-state index contributed by atoms with van der Waals surface area (Å²) in [7, 11) is 0. The molecule has 1 aliphatic heterocycles. The van der Waals surface area contributed by atoms with E-state index in [1.54, 1.807) is 12.1 Å². The fourth-order valence-corrected chi connectivity index (χ4v) is 3.35. The fourth-order valence-electron chi connectivity index (χ4n) is 2.62. The quantitative estimate of drug-likeness (QED) is 0.938. The summed E-state index contributed by atoms with van der Waals surface area (Å²) < 4.78 is 13.2. The highest BCUT2D eigenvalue weighted by Gasteiger charge is 2.24. The molecule has 100 valence electrons. The van der Waals surface area contributed by atoms with Gasteiger partial charge in [-0.3, -0.25) is 4.90 Å². The number of aromatic nitrogens is 1. The molecule has 1 aliphatic rings. The van der Waals surface area contributed by atoms with Gasteiger partial charge in [-0.15, -0.1) is 11.3 Å². The lowest BCUT2D eigenvalue weighted by Crippen LogP contribution is -2.19. The smallest absolute Gasteiger partial charge is 0.180 e. The van der Waals surface area contributed by atoms with E-state index in [1.807, 2.05) is 12.3 Å². The molecule has 1 fully saturated rings. The minimum atomic E-state index is -0.147. The van der Waals surface area contributed by atoms with Crippen LogP contribution in [0.1, 0.15) is 22.8 Å². The van der Waals surface area contributed by atoms with Crippen LogP contribution in [0.4, 0.5) is 9.52 Å². The van der Waals surface area contributed by atoms with Crippen LogP contribution in [0.2, 0.25) is 0 Å². The SMILES string of the molecule is Nc1ncc(CN2CCC(c3cccc(F)c3)C2)s1. The van der Waals surface area contributed by atoms with E-state index in [2.05, 4.69) is 9.88 Å². The summed E-state index contributed by atoms with van der Waals surface area (Å²) in [6, 6.07) is 6.95. The van der Waals surface area contributed by atoms with Crippen LogP contribution in [-0.2, 0) is 6.54 Å². The highest BCUT2D eigenvalue weighted by atomic mass is 32.1. The van der Waals surface area contributed by atoms with Crippen molar-refractivity contribution >= 4 is 16.5 Å². The lowest BCUT2D eigenvalue weighted by atomic mass is 9.98. The Kier molecular flexibility index (Phi) is 3.48. The molecule has 2 heterocycles. The first-order chi connectivity index (χ1) is 9.20. The number of hydrogen-bond donors (Lipinski definition) is 1. The van der Waals surface area contributed by atoms with Crippen LogP contribution in [0.15, 0.2) is 30.5 Å². The van der Waals surface area contributed by atoms with Gasteiger partial charge in [0.25, 0.3) is 0 Å². The number of anilines is 1. The van der Waals surface area contributed by atoms with Crippen molar-refractivity contribution in [1.82, 2.24) is 9.88 Å². The summed E-state index contributed by atoms with van der Waals surface area (Å²) in [6.45, 7) is 2.90. The fraction of sp³-hybridized carbons (Fsp3) is 0.357. The maximum atomic E-state index is 13.2. The zero-order chi connectivity index (χ0) is 13.2. The Morgan fingerprint density at radius 1 is 1.47 bits per heavy atom. The number of halogens is 1. The molecule has 2 N–H and O–H groups in total. The van der Waals surface area contributed by atoms with Crippen LogP contribution >= 0.6 is 11.3 Å². The van der Waals surface area contributed by atoms with Gasteiger partial charge >= 0.3 is 0 Å². The van der Waals surface area contributed by atoms with Crippen LogP contribution < -0.4 is 5.73 Å². The monoisotopic (exact) mass is 277 g/mol. The molecule has 0 aliphatic carbocycles. The van der Waals surface area contributed by atoms with Gasteiger partial charge in [0.2, 0.25) is 0 Å². The van der Waals surface area contributed by atoms with Crippen molar-refractivity contribution < 1.29 is 4.39 Å². The average molecular weight is 277 g/mol. The summed E-state index contributed by atoms with van der Waals surface area (Å²) in [5.41, 5.74) is 6.74. The van der Waals surface area contributed by atoms with Gasteiger partial charge in [-0.25, -0.2) is 9.37 Å². The number of likely N-dealkylation sites (tertiary alicyclic amines) is 1. The molecule has 0 saturated carbocycles. The number of rotatable bonds is 3. The van der Waals surface area contributed by atoms with Crippen molar-refractivity contribution in [2.75, 3.05) is 18.8 Å². The van der Waals surface area contributed by atoms with Crippen molar-refractivity contribution in [3.05, 3.63) is 46.7 Å². The Morgan fingerprint density at radius 3 is 3.11 bits per heavy atom. The van der Waals surface area contributed by atoms with E-state index in [0.29, 0.717) is 11.0 Å². The minimum Gasteiger partial charge on any atom is -0.375 e. The maximum absolute atomic E-state index is 13.2. The van der Waals surface area contributed by atoms with Gasteiger partial charge < -0.3 is 5.73 Å². The van der Waals surface area contributed by atoms with Gasteiger partial charge in [-0.1, -0.05) is 12.1 Å². The number of nitrogen functional groups attached to an aromatic ring is 1. The molecule has 0 amide bonds. The Morgan fingerprint density at radius 2 is 2.37 bits per heavy atom. The summed E-state index contributed by atoms with van der Waals surface area (Å²) in [5, 5.41) is 0.621. The first-order valence-corrected chi connectivity index (χ1v) is 7.20. The average Bonchev–Trinajstić information content (AvgIpc) is 2.99. The summed E-state index contributed by atoms with van der Waals surface area (Å²) in [4.78, 5) is 7.64. The predicted molar refractivity (Wildman–Crippen MR) is 75.6 cm³/mol. The molecule has 2 aromatic rings. The molecule has 0 radical (unpaired) electrons. The number of benzene rings is 1. The topological polar surface area (TPSA) is 42.1 Å². The Balaban J connectivity index is 1.64. The first-order valence-electron chi connectivity index (χ1n) is 6.39. The number of nitrogens with two attached hydrogens (primary N) is 1. The molecule has 3 rings (SSSR count). The van der Waals surface area contributed by atoms with E-state index in [4.69, 9.17) is 5.73 Å². The number of nitrogens with zero attached hydrogens (tertiary/aromatic N) is 2. The third-order valence-electron chi connectivity index (χ3n) is 3.54. The van der Waals surface area contributed by atoms with Crippen molar-refractivity contribution in [2.45, 2.75) is 18.9 Å². The normalized spacial score (nSPS) is 19.9. The first kappa shape index (κ1) is 12.6. The summed E-state index contributed by atoms with van der Waals surface area (Å²) >= 11 is 1.54. The molecule has 1 atom stereocenters. The van der Waals surface area contributed by atoms with E-state index in [0.717, 1.165) is 31.6 Å². The van der Waals surface area contributed by atoms with Crippen LogP contribution in [0.5, 0.6) is 0 Å². The maximum Gasteiger partial charge on any atom is 0.180 e. The second kappa shape index (κ2) is 5.27. The molecule has 1 aromatic carbocycles. The summed E-state index contributed by atoms with van der Waals surface area (Å²) in [5.74, 6) is 0.284. The Bertz CT molecular complexity index is 569. The van der Waals surface area contributed by atoms with Crippen molar-refractivity contribution in [1.29, 1.82) is 0 Å². The molecule has 0 bridgehead atoms. The van der Waals surface area contributed by atoms with E-state index >= 15 is 0 Å². The van der Waals surface area contributed by atoms with E-state index in [-0.39, 0.29) is 5.82 Å². The third-order valence-corrected chi connectivity index (χ3v) is 4.35. The molecular weight excluding hydrogens is 261 g/mol. The Labute approximate surface area is 115 Å². The van der Waals surface area contributed by atoms with Gasteiger partial charge in [0.1, 0.15) is 5.82 Å². The molecule has 1 aromatic heterocycles. The highest BCUT2D eigenvalue weighted by molar-refractivity contribution is 7.15. The van der Waals surface area contributed by atoms with Crippen molar-refractivity contribution in [3.63, 3.8) is 0 Å². The third kappa shape index (κ3) is 2.93. The van der Waals surface area contributed by atoms with Crippen LogP contribution in [0, 0.1) is 5.82 Å². The predicted octanol–water partition coefficient (Wildman–Crippen LogP) is 2.85. The molecule has 19 heavy (non-hydrogen) atoms. The van der Waals surface area contributed by atoms with E-state index in [9.17, 15) is 4.39 Å². The second-order valence-corrected chi connectivity index (χ2v) is 6.09. The van der Waals surface area contributed by atoms with Gasteiger partial charge in [0.05, 0.1) is 0 Å². The van der Waals surface area contributed by atoms with Gasteiger partial charge in [-0.05, 0) is 36.6 Å². The minimum absolute atomic E-state index is 0.147. The molecule has 1 unspecified atom stereocenters. The largest absolute Gasteiger partial charge is 0.375 e. The van der Waals surface area contributed by atoms with Gasteiger partial charge in [-0.2, -0.15) is 0 Å². The number of thiazole rings is 1. The van der Waals surface area contributed by atoms with Crippen LogP contribution in [-0.4, -0.2) is 23.0 Å². The standard InChI is InChI=1S/C14H16FN3S/c15-12-3-1-2-10(6-12)11-4-5-18(8-11)9-13-7-17-14(16)19-13/h1-3,6-7,11H,4-5,8-9H2,(H2,16,17). The highest BCUT2D eigenvalue weighted by Crippen LogP contribution is 2.29. The Hall–Kier alpha value is -1.46. The zero-order valence-corrected chi connectivity index (χ0v) is 11.4. The lowest BCUT2D eigenvalue weighted by molar-refractivity contribution is 0.329. The molecule has 1 saturated heterocycles. The van der Waals surface area contributed by atoms with E-state index < -0.39 is 0 Å². The molecular formula is C14H16FN3S. The van der Waals surface area contributed by atoms with Crippen molar-refractivity contribution in [2.24, 2.45) is 0 Å². The van der Waals surface area contributed by atoms with Crippen LogP contribution in [0.25, 0.3) is 0 Å². The molecule has 0 spiro atoms. The lowest BCUT2D eigenvalue weighted by Gasteiger charge is -2.14. The van der Waals surface area contributed by atoms with Crippen LogP contribution in [0.3, 0.4) is 0 Å². The molecule has 3 nitrogen and oxygen atoms in total. The van der Waals surface area contributed by atoms with E-state index in [1.165, 1.54) is 22.3 Å². The zero-order valence-electron chi connectivity index (χ0n) is 10.6. The molecule has 5 heteroatoms. The second-order valence-electron chi connectivity index (χ2n) is 4.94. The summed E-state index contributed by atoms with van der Waals surface area (Å²) in [6.07, 6.45) is 2.92.